The number of hydrogen-bond donors (Lipinski definition) is 2. The lowest BCUT2D eigenvalue weighted by Gasteiger charge is -2.09. The molecule has 0 saturated heterocycles. The van der Waals surface area contributed by atoms with Gasteiger partial charge < -0.3 is 15.5 Å². The monoisotopic (exact) mass is 250 g/mol. The van der Waals surface area contributed by atoms with E-state index in [1.807, 2.05) is 6.92 Å². The van der Waals surface area contributed by atoms with Crippen molar-refractivity contribution >= 4 is 28.9 Å². The van der Waals surface area contributed by atoms with Crippen LogP contribution in [0.25, 0.3) is 0 Å². The Morgan fingerprint density at radius 3 is 2.88 bits per heavy atom. The van der Waals surface area contributed by atoms with Crippen LogP contribution in [0.1, 0.15) is 16.1 Å². The predicted octanol–water partition coefficient (Wildman–Crippen LogP) is 3.08. The molecule has 17 heavy (non-hydrogen) atoms. The number of nitrogens with two attached hydrogens (primary N) is 1. The normalized spacial score (nSPS) is 10.2. The highest BCUT2D eigenvalue weighted by atomic mass is 35.5. The third-order valence-electron chi connectivity index (χ3n) is 2.32. The van der Waals surface area contributed by atoms with E-state index in [1.165, 1.54) is 6.26 Å². The number of aryl methyl sites for hydroxylation is 1. The van der Waals surface area contributed by atoms with E-state index in [0.717, 1.165) is 5.56 Å². The fourth-order valence-electron chi connectivity index (χ4n) is 1.40. The maximum atomic E-state index is 11.7. The number of rotatable bonds is 2. The number of carbonyl (C=O) groups excluding carboxylic acids is 1. The van der Waals surface area contributed by atoms with Crippen molar-refractivity contribution in [2.45, 2.75) is 6.92 Å². The Morgan fingerprint density at radius 1 is 1.47 bits per heavy atom. The summed E-state index contributed by atoms with van der Waals surface area (Å²) in [5.74, 6) is -0.136. The van der Waals surface area contributed by atoms with Gasteiger partial charge >= 0.3 is 0 Å². The molecule has 0 fully saturated rings. The molecule has 0 atom stereocenters. The first-order valence-electron chi connectivity index (χ1n) is 4.98. The van der Waals surface area contributed by atoms with Crippen LogP contribution in [0.5, 0.6) is 0 Å². The fourth-order valence-corrected chi connectivity index (χ4v) is 1.57. The van der Waals surface area contributed by atoms with Gasteiger partial charge in [0.2, 0.25) is 0 Å². The third kappa shape index (κ3) is 2.42. The van der Waals surface area contributed by atoms with E-state index in [9.17, 15) is 4.79 Å². The summed E-state index contributed by atoms with van der Waals surface area (Å²) in [6, 6.07) is 6.54. The van der Waals surface area contributed by atoms with Crippen LogP contribution in [0.15, 0.2) is 34.9 Å². The molecule has 0 saturated carbocycles. The summed E-state index contributed by atoms with van der Waals surface area (Å²) in [6.07, 6.45) is 1.43. The smallest absolute Gasteiger partial charge is 0.291 e. The van der Waals surface area contributed by atoms with Crippen LogP contribution >= 0.6 is 11.6 Å². The summed E-state index contributed by atoms with van der Waals surface area (Å²) >= 11 is 5.96. The van der Waals surface area contributed by atoms with Crippen LogP contribution < -0.4 is 11.1 Å². The van der Waals surface area contributed by atoms with Crippen molar-refractivity contribution in [2.75, 3.05) is 11.1 Å². The number of benzene rings is 1. The molecule has 2 rings (SSSR count). The van der Waals surface area contributed by atoms with Gasteiger partial charge in [0.25, 0.3) is 5.91 Å². The minimum absolute atomic E-state index is 0.223. The van der Waals surface area contributed by atoms with Gasteiger partial charge in [0.1, 0.15) is 0 Å². The van der Waals surface area contributed by atoms with Crippen molar-refractivity contribution in [1.82, 2.24) is 0 Å². The number of nitrogen functional groups attached to an aromatic ring is 1. The molecule has 0 aliphatic carbocycles. The Kier molecular flexibility index (Phi) is 3.06. The first-order chi connectivity index (χ1) is 8.08. The molecule has 0 unspecified atom stereocenters. The number of amides is 1. The lowest BCUT2D eigenvalue weighted by atomic mass is 10.2. The van der Waals surface area contributed by atoms with Crippen LogP contribution in [0, 0.1) is 6.92 Å². The Morgan fingerprint density at radius 2 is 2.24 bits per heavy atom. The molecule has 1 heterocycles. The number of nitrogens with one attached hydrogen (secondary N) is 1. The second-order valence-corrected chi connectivity index (χ2v) is 4.03. The molecule has 0 aliphatic rings. The Hall–Kier alpha value is -1.94. The molecule has 5 heteroatoms. The average molecular weight is 251 g/mol. The lowest BCUT2D eigenvalue weighted by molar-refractivity contribution is 0.0996. The van der Waals surface area contributed by atoms with Crippen molar-refractivity contribution in [1.29, 1.82) is 0 Å². The van der Waals surface area contributed by atoms with Crippen molar-refractivity contribution < 1.29 is 9.21 Å². The van der Waals surface area contributed by atoms with E-state index in [1.54, 1.807) is 24.3 Å². The third-order valence-corrected chi connectivity index (χ3v) is 2.73. The van der Waals surface area contributed by atoms with Gasteiger partial charge in [-0.3, -0.25) is 4.79 Å². The zero-order chi connectivity index (χ0) is 12.4. The highest BCUT2D eigenvalue weighted by Crippen LogP contribution is 2.27. The summed E-state index contributed by atoms with van der Waals surface area (Å²) < 4.78 is 4.98. The van der Waals surface area contributed by atoms with Gasteiger partial charge in [-0.1, -0.05) is 11.6 Å². The van der Waals surface area contributed by atoms with Gasteiger partial charge in [-0.05, 0) is 36.8 Å². The molecular weight excluding hydrogens is 240 g/mol. The molecule has 3 N–H and O–H groups in total. The zero-order valence-electron chi connectivity index (χ0n) is 9.16. The van der Waals surface area contributed by atoms with Gasteiger partial charge in [-0.25, -0.2) is 0 Å². The molecule has 4 nitrogen and oxygen atoms in total. The van der Waals surface area contributed by atoms with E-state index < -0.39 is 0 Å². The van der Waals surface area contributed by atoms with E-state index in [-0.39, 0.29) is 11.7 Å². The van der Waals surface area contributed by atoms with Crippen LogP contribution in [0.2, 0.25) is 5.02 Å². The van der Waals surface area contributed by atoms with Crippen LogP contribution in [0.3, 0.4) is 0 Å². The predicted molar refractivity (Wildman–Crippen MR) is 67.3 cm³/mol. The number of furan rings is 1. The number of anilines is 2. The molecule has 0 radical (unpaired) electrons. The van der Waals surface area contributed by atoms with E-state index in [4.69, 9.17) is 21.8 Å². The van der Waals surface area contributed by atoms with Gasteiger partial charge in [0, 0.05) is 5.02 Å². The maximum absolute atomic E-state index is 11.7. The lowest BCUT2D eigenvalue weighted by Crippen LogP contribution is -2.12. The highest BCUT2D eigenvalue weighted by molar-refractivity contribution is 6.32. The largest absolute Gasteiger partial charge is 0.459 e. The van der Waals surface area contributed by atoms with Crippen molar-refractivity contribution in [3.63, 3.8) is 0 Å². The molecule has 1 aromatic heterocycles. The number of hydrogen-bond acceptors (Lipinski definition) is 3. The Balaban J connectivity index is 2.25. The SMILES string of the molecule is Cc1cc(N)c(NC(=O)c2ccco2)cc1Cl. The van der Waals surface area contributed by atoms with Crippen molar-refractivity contribution in [3.05, 3.63) is 46.9 Å². The second kappa shape index (κ2) is 4.51. The zero-order valence-corrected chi connectivity index (χ0v) is 9.91. The second-order valence-electron chi connectivity index (χ2n) is 3.62. The molecule has 0 spiro atoms. The summed E-state index contributed by atoms with van der Waals surface area (Å²) in [4.78, 5) is 11.7. The van der Waals surface area contributed by atoms with E-state index in [0.29, 0.717) is 16.4 Å². The molecular formula is C12H11ClN2O2. The summed E-state index contributed by atoms with van der Waals surface area (Å²) in [5, 5.41) is 3.19. The first kappa shape index (κ1) is 11.5. The summed E-state index contributed by atoms with van der Waals surface area (Å²) in [7, 11) is 0. The van der Waals surface area contributed by atoms with Crippen molar-refractivity contribution in [3.8, 4) is 0 Å². The molecule has 2 aromatic rings. The average Bonchev–Trinajstić information content (AvgIpc) is 2.79. The molecule has 88 valence electrons. The first-order valence-corrected chi connectivity index (χ1v) is 5.36. The molecule has 1 amide bonds. The summed E-state index contributed by atoms with van der Waals surface area (Å²) in [6.45, 7) is 1.84. The molecule has 0 bridgehead atoms. The van der Waals surface area contributed by atoms with E-state index in [2.05, 4.69) is 5.32 Å². The Bertz CT molecular complexity index is 550. The molecule has 1 aromatic carbocycles. The highest BCUT2D eigenvalue weighted by Gasteiger charge is 2.11. The van der Waals surface area contributed by atoms with Gasteiger partial charge in [-0.2, -0.15) is 0 Å². The maximum Gasteiger partial charge on any atom is 0.291 e. The minimum Gasteiger partial charge on any atom is -0.459 e. The van der Waals surface area contributed by atoms with Gasteiger partial charge in [-0.15, -0.1) is 0 Å². The van der Waals surface area contributed by atoms with Crippen LogP contribution in [-0.4, -0.2) is 5.91 Å². The van der Waals surface area contributed by atoms with Crippen LogP contribution in [-0.2, 0) is 0 Å². The quantitative estimate of drug-likeness (QED) is 0.805. The fraction of sp³-hybridized carbons (Fsp3) is 0.0833. The number of carbonyl (C=O) groups is 1. The van der Waals surface area contributed by atoms with E-state index >= 15 is 0 Å². The minimum atomic E-state index is -0.360. The standard InChI is InChI=1S/C12H11ClN2O2/c1-7-5-9(14)10(6-8(7)13)15-12(16)11-3-2-4-17-11/h2-6H,14H2,1H3,(H,15,16). The summed E-state index contributed by atoms with van der Waals surface area (Å²) in [5.41, 5.74) is 7.59. The van der Waals surface area contributed by atoms with Gasteiger partial charge in [0.15, 0.2) is 5.76 Å². The topological polar surface area (TPSA) is 68.3 Å². The van der Waals surface area contributed by atoms with Gasteiger partial charge in [0.05, 0.1) is 17.6 Å². The van der Waals surface area contributed by atoms with Crippen LogP contribution in [0.4, 0.5) is 11.4 Å². The van der Waals surface area contributed by atoms with Crippen molar-refractivity contribution in [2.24, 2.45) is 0 Å². The molecule has 0 aliphatic heterocycles. The Labute approximate surface area is 103 Å². The number of halogens is 1.